The normalized spacial score (nSPS) is 14.8. The van der Waals surface area contributed by atoms with Crippen molar-refractivity contribution in [3.8, 4) is 0 Å². The molecule has 0 aliphatic heterocycles. The maximum Gasteiger partial charge on any atom is 0.163 e. The first-order chi connectivity index (χ1) is 12.3. The number of nitrogens with zero attached hydrogens (tertiary/aromatic N) is 5. The van der Waals surface area contributed by atoms with Crippen molar-refractivity contribution in [2.45, 2.75) is 25.0 Å². The summed E-state index contributed by atoms with van der Waals surface area (Å²) < 4.78 is 43.5. The first-order valence-electron chi connectivity index (χ1n) is 7.58. The van der Waals surface area contributed by atoms with Crippen LogP contribution in [0.1, 0.15) is 24.1 Å². The molecule has 0 radical (unpaired) electrons. The van der Waals surface area contributed by atoms with E-state index in [1.165, 1.54) is 24.3 Å². The minimum absolute atomic E-state index is 0.134. The number of rotatable bonds is 5. The van der Waals surface area contributed by atoms with Crippen LogP contribution in [0, 0.1) is 17.5 Å². The number of benzene rings is 1. The lowest BCUT2D eigenvalue weighted by molar-refractivity contribution is -0.0133. The summed E-state index contributed by atoms with van der Waals surface area (Å²) in [5, 5.41) is 15.2. The molecule has 3 N–H and O–H groups in total. The molecule has 0 saturated heterocycles. The Morgan fingerprint density at radius 1 is 1.15 bits per heavy atom. The van der Waals surface area contributed by atoms with Gasteiger partial charge in [-0.15, -0.1) is 0 Å². The third-order valence-electron chi connectivity index (χ3n) is 4.24. The largest absolute Gasteiger partial charge is 0.396 e. The van der Waals surface area contributed by atoms with Crippen LogP contribution >= 0.6 is 0 Å². The van der Waals surface area contributed by atoms with Crippen LogP contribution in [0.25, 0.3) is 0 Å². The number of halogens is 3. The van der Waals surface area contributed by atoms with Gasteiger partial charge in [0.25, 0.3) is 0 Å². The highest BCUT2D eigenvalue weighted by Crippen LogP contribution is 2.40. The molecular formula is C16H15F3N6O. The van der Waals surface area contributed by atoms with Crippen molar-refractivity contribution in [2.24, 2.45) is 0 Å². The molecule has 0 spiro atoms. The van der Waals surface area contributed by atoms with Crippen LogP contribution in [0.15, 0.2) is 37.3 Å². The first-order valence-corrected chi connectivity index (χ1v) is 7.58. The van der Waals surface area contributed by atoms with E-state index in [9.17, 15) is 18.3 Å². The lowest BCUT2D eigenvalue weighted by Crippen LogP contribution is -2.39. The molecule has 2 heterocycles. The van der Waals surface area contributed by atoms with E-state index in [4.69, 9.17) is 5.73 Å². The lowest BCUT2D eigenvalue weighted by atomic mass is 9.79. The number of nitrogens with two attached hydrogens (primary N) is 1. The van der Waals surface area contributed by atoms with E-state index in [-0.39, 0.29) is 23.5 Å². The Kier molecular flexibility index (Phi) is 4.60. The number of hydrogen-bond donors (Lipinski definition) is 2. The molecular weight excluding hydrogens is 349 g/mol. The second-order valence-electron chi connectivity index (χ2n) is 5.85. The molecule has 26 heavy (non-hydrogen) atoms. The number of anilines is 1. The molecule has 0 aliphatic rings. The van der Waals surface area contributed by atoms with Gasteiger partial charge in [-0.05, 0) is 6.07 Å². The Morgan fingerprint density at radius 3 is 2.58 bits per heavy atom. The van der Waals surface area contributed by atoms with Crippen LogP contribution in [0.3, 0.4) is 0 Å². The first kappa shape index (κ1) is 17.8. The number of aliphatic hydroxyl groups is 1. The lowest BCUT2D eigenvalue weighted by Gasteiger charge is -2.34. The minimum Gasteiger partial charge on any atom is -0.396 e. The van der Waals surface area contributed by atoms with Gasteiger partial charge in [0.2, 0.25) is 0 Å². The third-order valence-corrected chi connectivity index (χ3v) is 4.24. The zero-order chi connectivity index (χ0) is 18.9. The molecule has 0 fully saturated rings. The van der Waals surface area contributed by atoms with Gasteiger partial charge in [-0.2, -0.15) is 5.10 Å². The van der Waals surface area contributed by atoms with Gasteiger partial charge in [0.05, 0.1) is 24.1 Å². The monoisotopic (exact) mass is 364 g/mol. The van der Waals surface area contributed by atoms with Crippen molar-refractivity contribution in [3.63, 3.8) is 0 Å². The Hall–Kier alpha value is -3.01. The molecule has 10 heteroatoms. The maximum atomic E-state index is 14.5. The van der Waals surface area contributed by atoms with Crippen molar-refractivity contribution < 1.29 is 18.3 Å². The van der Waals surface area contributed by atoms with Crippen LogP contribution < -0.4 is 5.73 Å². The summed E-state index contributed by atoms with van der Waals surface area (Å²) >= 11 is 0. The molecule has 3 rings (SSSR count). The highest BCUT2D eigenvalue weighted by molar-refractivity contribution is 5.46. The molecule has 7 nitrogen and oxygen atoms in total. The van der Waals surface area contributed by atoms with E-state index < -0.39 is 29.0 Å². The molecule has 2 atom stereocenters. The van der Waals surface area contributed by atoms with Crippen LogP contribution in [0.5, 0.6) is 0 Å². The van der Waals surface area contributed by atoms with Gasteiger partial charge in [0, 0.05) is 17.5 Å². The van der Waals surface area contributed by atoms with Crippen LogP contribution in [0.4, 0.5) is 18.9 Å². The number of hydrogen-bond acceptors (Lipinski definition) is 6. The topological polar surface area (TPSA) is 103 Å². The molecule has 3 aromatic rings. The smallest absolute Gasteiger partial charge is 0.163 e. The molecule has 136 valence electrons. The standard InChI is InChI=1S/C16H15F3N6O/c1-9(15-13(19)4-21-6-23-15)16(26,5-25-8-22-7-24-25)10-2-14(20)12(18)3-11(10)17/h2-4,6-9,26H,5,20H2,1H3/t9-,16?/m0/s1. The van der Waals surface area contributed by atoms with Crippen LogP contribution in [-0.2, 0) is 12.1 Å². The zero-order valence-electron chi connectivity index (χ0n) is 13.6. The summed E-state index contributed by atoms with van der Waals surface area (Å²) in [6, 6.07) is 1.55. The van der Waals surface area contributed by atoms with Crippen LogP contribution in [0.2, 0.25) is 0 Å². The summed E-state index contributed by atoms with van der Waals surface area (Å²) in [6.07, 6.45) is 4.58. The maximum absolute atomic E-state index is 14.5. The molecule has 0 aliphatic carbocycles. The van der Waals surface area contributed by atoms with Gasteiger partial charge in [0.1, 0.15) is 36.2 Å². The fraction of sp³-hybridized carbons (Fsp3) is 0.250. The highest BCUT2D eigenvalue weighted by atomic mass is 19.1. The Labute approximate surface area is 146 Å². The second-order valence-corrected chi connectivity index (χ2v) is 5.85. The molecule has 2 aromatic heterocycles. The summed E-state index contributed by atoms with van der Waals surface area (Å²) in [6.45, 7) is 1.17. The van der Waals surface area contributed by atoms with E-state index in [1.807, 2.05) is 0 Å². The average Bonchev–Trinajstić information content (AvgIpc) is 3.10. The molecule has 1 aromatic carbocycles. The van der Waals surface area contributed by atoms with E-state index in [2.05, 4.69) is 20.1 Å². The summed E-state index contributed by atoms with van der Waals surface area (Å²) in [7, 11) is 0. The van der Waals surface area contributed by atoms with Gasteiger partial charge in [0.15, 0.2) is 5.82 Å². The van der Waals surface area contributed by atoms with Crippen molar-refractivity contribution in [2.75, 3.05) is 5.73 Å². The summed E-state index contributed by atoms with van der Waals surface area (Å²) in [5.74, 6) is -3.81. The zero-order valence-corrected chi connectivity index (χ0v) is 13.6. The molecule has 1 unspecified atom stereocenters. The minimum atomic E-state index is -2.05. The Balaban J connectivity index is 2.17. The quantitative estimate of drug-likeness (QED) is 0.669. The molecule has 0 bridgehead atoms. The van der Waals surface area contributed by atoms with Gasteiger partial charge >= 0.3 is 0 Å². The predicted octanol–water partition coefficient (Wildman–Crippen LogP) is 1.76. The van der Waals surface area contributed by atoms with Crippen LogP contribution in [-0.4, -0.2) is 29.8 Å². The fourth-order valence-corrected chi connectivity index (χ4v) is 2.78. The number of nitrogen functional groups attached to an aromatic ring is 1. The van der Waals surface area contributed by atoms with Gasteiger partial charge in [-0.1, -0.05) is 6.92 Å². The van der Waals surface area contributed by atoms with Crippen molar-refractivity contribution in [3.05, 3.63) is 66.0 Å². The molecule has 0 saturated carbocycles. The number of aromatic nitrogens is 5. The second kappa shape index (κ2) is 6.71. The Bertz CT molecular complexity index is 920. The average molecular weight is 364 g/mol. The SMILES string of the molecule is C[C@@H](c1ncncc1F)C(O)(Cn1cncn1)c1cc(N)c(F)cc1F. The molecule has 0 amide bonds. The summed E-state index contributed by atoms with van der Waals surface area (Å²) in [5.41, 5.74) is 2.70. The third kappa shape index (κ3) is 3.10. The van der Waals surface area contributed by atoms with Crippen molar-refractivity contribution in [1.29, 1.82) is 0 Å². The predicted molar refractivity (Wildman–Crippen MR) is 85.1 cm³/mol. The van der Waals surface area contributed by atoms with Gasteiger partial charge < -0.3 is 10.8 Å². The fourth-order valence-electron chi connectivity index (χ4n) is 2.78. The van der Waals surface area contributed by atoms with E-state index >= 15 is 0 Å². The van der Waals surface area contributed by atoms with E-state index in [0.29, 0.717) is 6.07 Å². The van der Waals surface area contributed by atoms with Gasteiger partial charge in [-0.25, -0.2) is 32.8 Å². The Morgan fingerprint density at radius 2 is 1.92 bits per heavy atom. The van der Waals surface area contributed by atoms with Gasteiger partial charge in [-0.3, -0.25) is 0 Å². The summed E-state index contributed by atoms with van der Waals surface area (Å²) in [4.78, 5) is 11.2. The van der Waals surface area contributed by atoms with E-state index in [1.54, 1.807) is 0 Å². The van der Waals surface area contributed by atoms with E-state index in [0.717, 1.165) is 18.6 Å². The highest BCUT2D eigenvalue weighted by Gasteiger charge is 2.42. The van der Waals surface area contributed by atoms with Crippen molar-refractivity contribution >= 4 is 5.69 Å². The van der Waals surface area contributed by atoms with Crippen molar-refractivity contribution in [1.82, 2.24) is 24.7 Å².